The van der Waals surface area contributed by atoms with Crippen LogP contribution >= 0.6 is 0 Å². The van der Waals surface area contributed by atoms with Gasteiger partial charge >= 0.3 is 5.97 Å². The van der Waals surface area contributed by atoms with Crippen LogP contribution in [0.5, 0.6) is 0 Å². The Kier molecular flexibility index (Phi) is 4.86. The van der Waals surface area contributed by atoms with E-state index in [0.29, 0.717) is 16.9 Å². The van der Waals surface area contributed by atoms with Crippen molar-refractivity contribution in [2.24, 2.45) is 11.8 Å². The summed E-state index contributed by atoms with van der Waals surface area (Å²) in [7, 11) is -3.91. The van der Waals surface area contributed by atoms with Gasteiger partial charge in [0.25, 0.3) is 10.0 Å². The zero-order chi connectivity index (χ0) is 21.6. The Morgan fingerprint density at radius 3 is 2.27 bits per heavy atom. The zero-order valence-electron chi connectivity index (χ0n) is 16.0. The number of sulfonamides is 1. The van der Waals surface area contributed by atoms with Crippen molar-refractivity contribution in [2.45, 2.75) is 31.0 Å². The number of aliphatic carboxylic acids is 1. The van der Waals surface area contributed by atoms with Gasteiger partial charge in [-0.2, -0.15) is 0 Å². The predicted molar refractivity (Wildman–Crippen MR) is 104 cm³/mol. The highest BCUT2D eigenvalue weighted by atomic mass is 32.2. The molecule has 1 amide bonds. The van der Waals surface area contributed by atoms with Gasteiger partial charge in [-0.05, 0) is 38.1 Å². The van der Waals surface area contributed by atoms with Gasteiger partial charge in [-0.3, -0.25) is 9.59 Å². The lowest BCUT2D eigenvalue weighted by molar-refractivity contribution is -0.145. The Morgan fingerprint density at radius 2 is 1.70 bits per heavy atom. The number of nitrogens with zero attached hydrogens (tertiary/aromatic N) is 1. The molecular formula is C19H19N3O7S. The van der Waals surface area contributed by atoms with Crippen LogP contribution in [-0.4, -0.2) is 42.8 Å². The molecule has 2 aliphatic rings. The standard InChI is InChI=1S/C19H19N3O7S/c1-9-10(2)21-29-18(9)22-30(26,27)12-5-3-11(4-6-12)20-17(23)15-13-7-8-14(28-13)16(15)19(24)25/h3-8,13-16,22H,1-2H3,(H,20,23)(H,24,25). The summed E-state index contributed by atoms with van der Waals surface area (Å²) < 4.78 is 37.9. The van der Waals surface area contributed by atoms with Crippen molar-refractivity contribution < 1.29 is 32.4 Å². The van der Waals surface area contributed by atoms with E-state index in [1.54, 1.807) is 26.0 Å². The van der Waals surface area contributed by atoms with Gasteiger partial charge in [-0.1, -0.05) is 17.3 Å². The smallest absolute Gasteiger partial charge is 0.310 e. The van der Waals surface area contributed by atoms with E-state index < -0.39 is 45.9 Å². The quantitative estimate of drug-likeness (QED) is 0.583. The van der Waals surface area contributed by atoms with Crippen LogP contribution in [0.1, 0.15) is 11.3 Å². The molecular weight excluding hydrogens is 414 g/mol. The molecule has 4 atom stereocenters. The van der Waals surface area contributed by atoms with E-state index in [-0.39, 0.29) is 10.8 Å². The first-order valence-corrected chi connectivity index (χ1v) is 10.6. The van der Waals surface area contributed by atoms with Crippen LogP contribution < -0.4 is 10.0 Å². The van der Waals surface area contributed by atoms with Gasteiger partial charge in [-0.15, -0.1) is 0 Å². The van der Waals surface area contributed by atoms with Crippen LogP contribution in [0.15, 0.2) is 45.8 Å². The number of rotatable bonds is 6. The van der Waals surface area contributed by atoms with Gasteiger partial charge in [0.2, 0.25) is 11.8 Å². The molecule has 0 radical (unpaired) electrons. The van der Waals surface area contributed by atoms with Gasteiger partial charge in [0.05, 0.1) is 28.7 Å². The largest absolute Gasteiger partial charge is 0.481 e. The molecule has 3 heterocycles. The summed E-state index contributed by atoms with van der Waals surface area (Å²) in [5.74, 6) is -3.38. The minimum Gasteiger partial charge on any atom is -0.481 e. The predicted octanol–water partition coefficient (Wildman–Crippen LogP) is 1.68. The van der Waals surface area contributed by atoms with Crippen LogP contribution in [-0.2, 0) is 24.3 Å². The monoisotopic (exact) mass is 433 g/mol. The maximum Gasteiger partial charge on any atom is 0.310 e. The first kappa shape index (κ1) is 20.1. The third-order valence-electron chi connectivity index (χ3n) is 5.30. The molecule has 4 rings (SSSR count). The molecule has 0 aliphatic carbocycles. The fourth-order valence-electron chi connectivity index (χ4n) is 3.55. The van der Waals surface area contributed by atoms with Crippen molar-refractivity contribution >= 4 is 33.5 Å². The molecule has 10 nitrogen and oxygen atoms in total. The normalized spacial score (nSPS) is 24.7. The van der Waals surface area contributed by atoms with Crippen molar-refractivity contribution in [3.8, 4) is 0 Å². The van der Waals surface area contributed by atoms with Crippen molar-refractivity contribution in [1.29, 1.82) is 0 Å². The van der Waals surface area contributed by atoms with Crippen molar-refractivity contribution in [3.05, 3.63) is 47.7 Å². The summed E-state index contributed by atoms with van der Waals surface area (Å²) in [6.45, 7) is 3.38. The fraction of sp³-hybridized carbons (Fsp3) is 0.316. The van der Waals surface area contributed by atoms with Crippen LogP contribution in [0.3, 0.4) is 0 Å². The minimum absolute atomic E-state index is 0.0360. The van der Waals surface area contributed by atoms with E-state index in [2.05, 4.69) is 15.2 Å². The Labute approximate surface area is 171 Å². The number of aromatic nitrogens is 1. The third kappa shape index (κ3) is 3.46. The lowest BCUT2D eigenvalue weighted by Crippen LogP contribution is -2.39. The number of ether oxygens (including phenoxy) is 1. The maximum absolute atomic E-state index is 12.6. The number of nitrogens with one attached hydrogen (secondary N) is 2. The highest BCUT2D eigenvalue weighted by molar-refractivity contribution is 7.92. The molecule has 1 fully saturated rings. The number of carboxylic acid groups (broad SMARTS) is 1. The van der Waals surface area contributed by atoms with Crippen molar-refractivity contribution in [3.63, 3.8) is 0 Å². The zero-order valence-corrected chi connectivity index (χ0v) is 16.8. The summed E-state index contributed by atoms with van der Waals surface area (Å²) >= 11 is 0. The maximum atomic E-state index is 12.6. The molecule has 4 unspecified atom stereocenters. The summed E-state index contributed by atoms with van der Waals surface area (Å²) in [6, 6.07) is 5.49. The number of hydrogen-bond donors (Lipinski definition) is 3. The van der Waals surface area contributed by atoms with E-state index >= 15 is 0 Å². The first-order chi connectivity index (χ1) is 14.2. The summed E-state index contributed by atoms with van der Waals surface area (Å²) in [5, 5.41) is 15.8. The second-order valence-corrected chi connectivity index (χ2v) is 8.86. The summed E-state index contributed by atoms with van der Waals surface area (Å²) in [6.07, 6.45) is 2.12. The molecule has 0 saturated carbocycles. The SMILES string of the molecule is Cc1noc(NS(=O)(=O)c2ccc(NC(=O)C3C4C=CC(O4)C3C(=O)O)cc2)c1C. The number of hydrogen-bond acceptors (Lipinski definition) is 7. The summed E-state index contributed by atoms with van der Waals surface area (Å²) in [4.78, 5) is 24.1. The number of fused-ring (bicyclic) bond motifs is 2. The van der Waals surface area contributed by atoms with E-state index in [0.717, 1.165) is 0 Å². The Bertz CT molecular complexity index is 1140. The molecule has 2 bridgehead atoms. The average molecular weight is 433 g/mol. The molecule has 1 saturated heterocycles. The van der Waals surface area contributed by atoms with Crippen LogP contribution in [0.25, 0.3) is 0 Å². The van der Waals surface area contributed by atoms with Crippen LogP contribution in [0, 0.1) is 25.7 Å². The Hall–Kier alpha value is -3.18. The highest BCUT2D eigenvalue weighted by Crippen LogP contribution is 2.39. The van der Waals surface area contributed by atoms with Crippen LogP contribution in [0.2, 0.25) is 0 Å². The second-order valence-electron chi connectivity index (χ2n) is 7.18. The molecule has 2 aliphatic heterocycles. The lowest BCUT2D eigenvalue weighted by atomic mass is 9.82. The van der Waals surface area contributed by atoms with E-state index in [4.69, 9.17) is 9.26 Å². The van der Waals surface area contributed by atoms with Gasteiger partial charge in [0.1, 0.15) is 5.92 Å². The molecule has 3 N–H and O–H groups in total. The molecule has 0 spiro atoms. The van der Waals surface area contributed by atoms with E-state index in [1.807, 2.05) is 0 Å². The molecule has 158 valence electrons. The number of carboxylic acids is 1. The van der Waals surface area contributed by atoms with Gasteiger partial charge < -0.3 is 19.7 Å². The van der Waals surface area contributed by atoms with Crippen molar-refractivity contribution in [1.82, 2.24) is 5.16 Å². The van der Waals surface area contributed by atoms with Gasteiger partial charge in [-0.25, -0.2) is 13.1 Å². The third-order valence-corrected chi connectivity index (χ3v) is 6.65. The molecule has 30 heavy (non-hydrogen) atoms. The van der Waals surface area contributed by atoms with Gasteiger partial charge in [0.15, 0.2) is 0 Å². The summed E-state index contributed by atoms with van der Waals surface area (Å²) in [5.41, 5.74) is 1.49. The Balaban J connectivity index is 1.47. The number of carbonyl (C=O) groups excluding carboxylic acids is 1. The number of benzene rings is 1. The highest BCUT2D eigenvalue weighted by Gasteiger charge is 2.53. The first-order valence-electron chi connectivity index (χ1n) is 9.10. The lowest BCUT2D eigenvalue weighted by Gasteiger charge is -2.21. The second kappa shape index (κ2) is 7.26. The van der Waals surface area contributed by atoms with Gasteiger partial charge in [0, 0.05) is 11.3 Å². The molecule has 1 aromatic carbocycles. The number of carbonyl (C=O) groups is 2. The number of anilines is 2. The van der Waals surface area contributed by atoms with Crippen molar-refractivity contribution in [2.75, 3.05) is 10.0 Å². The average Bonchev–Trinajstić information content (AvgIpc) is 3.39. The Morgan fingerprint density at radius 1 is 1.07 bits per heavy atom. The van der Waals surface area contributed by atoms with Crippen LogP contribution in [0.4, 0.5) is 11.6 Å². The molecule has 11 heteroatoms. The van der Waals surface area contributed by atoms with E-state index in [9.17, 15) is 23.1 Å². The number of aryl methyl sites for hydroxylation is 1. The molecule has 1 aromatic heterocycles. The molecule has 2 aromatic rings. The fourth-order valence-corrected chi connectivity index (χ4v) is 4.60. The topological polar surface area (TPSA) is 148 Å². The van der Waals surface area contributed by atoms with E-state index in [1.165, 1.54) is 24.3 Å². The minimum atomic E-state index is -3.91. The number of amides is 1.